The van der Waals surface area contributed by atoms with E-state index in [0.717, 1.165) is 38.0 Å². The van der Waals surface area contributed by atoms with Gasteiger partial charge in [-0.1, -0.05) is 0 Å². The molecule has 3 rings (SSSR count). The number of hydrogen-bond acceptors (Lipinski definition) is 6. The van der Waals surface area contributed by atoms with Gasteiger partial charge in [0.15, 0.2) is 5.96 Å². The maximum atomic E-state index is 12.4. The van der Waals surface area contributed by atoms with Crippen LogP contribution in [-0.4, -0.2) is 107 Å². The van der Waals surface area contributed by atoms with Crippen molar-refractivity contribution in [3.8, 4) is 0 Å². The molecule has 0 spiro atoms. The van der Waals surface area contributed by atoms with Crippen molar-refractivity contribution in [1.82, 2.24) is 34.8 Å². The van der Waals surface area contributed by atoms with E-state index in [0.29, 0.717) is 39.4 Å². The number of ether oxygens (including phenoxy) is 1. The molecular formula is C16H28N8O2. The van der Waals surface area contributed by atoms with E-state index in [1.165, 1.54) is 0 Å². The molecular weight excluding hydrogens is 336 g/mol. The second-order valence-corrected chi connectivity index (χ2v) is 6.46. The third kappa shape index (κ3) is 4.70. The molecule has 0 saturated carbocycles. The van der Waals surface area contributed by atoms with Crippen LogP contribution in [-0.2, 0) is 23.1 Å². The first kappa shape index (κ1) is 18.6. The minimum absolute atomic E-state index is 0.200. The van der Waals surface area contributed by atoms with Gasteiger partial charge in [0, 0.05) is 53.4 Å². The van der Waals surface area contributed by atoms with Crippen molar-refractivity contribution in [2.45, 2.75) is 6.54 Å². The van der Waals surface area contributed by atoms with Crippen LogP contribution in [0.3, 0.4) is 0 Å². The molecule has 0 radical (unpaired) electrons. The van der Waals surface area contributed by atoms with Crippen LogP contribution in [0.15, 0.2) is 11.3 Å². The molecule has 0 aliphatic carbocycles. The summed E-state index contributed by atoms with van der Waals surface area (Å²) in [6.45, 7) is 7.15. The van der Waals surface area contributed by atoms with Crippen LogP contribution >= 0.6 is 0 Å². The van der Waals surface area contributed by atoms with Crippen molar-refractivity contribution in [1.29, 1.82) is 0 Å². The fraction of sp³-hybridized carbons (Fsp3) is 0.750. The summed E-state index contributed by atoms with van der Waals surface area (Å²) in [5.41, 5.74) is 0. The Hall–Kier alpha value is -2.20. The van der Waals surface area contributed by atoms with Crippen LogP contribution in [0, 0.1) is 0 Å². The monoisotopic (exact) mass is 364 g/mol. The molecule has 1 aromatic heterocycles. The van der Waals surface area contributed by atoms with Crippen molar-refractivity contribution in [3.63, 3.8) is 0 Å². The first-order chi connectivity index (χ1) is 12.7. The normalized spacial score (nSPS) is 19.7. The highest BCUT2D eigenvalue weighted by molar-refractivity contribution is 5.80. The number of guanidine groups is 1. The van der Waals surface area contributed by atoms with Gasteiger partial charge < -0.3 is 19.9 Å². The molecule has 26 heavy (non-hydrogen) atoms. The number of nitrogens with zero attached hydrogens (tertiary/aromatic N) is 7. The van der Waals surface area contributed by atoms with E-state index in [1.807, 2.05) is 11.9 Å². The number of amides is 1. The second-order valence-electron chi connectivity index (χ2n) is 6.46. The molecule has 10 heteroatoms. The molecule has 10 nitrogen and oxygen atoms in total. The van der Waals surface area contributed by atoms with Gasteiger partial charge in [0.1, 0.15) is 12.2 Å². The van der Waals surface area contributed by atoms with Gasteiger partial charge >= 0.3 is 0 Å². The zero-order chi connectivity index (χ0) is 18.4. The van der Waals surface area contributed by atoms with Crippen LogP contribution in [0.5, 0.6) is 0 Å². The molecule has 2 saturated heterocycles. The Morgan fingerprint density at radius 3 is 2.54 bits per heavy atom. The van der Waals surface area contributed by atoms with Crippen molar-refractivity contribution >= 4 is 11.9 Å². The predicted octanol–water partition coefficient (Wildman–Crippen LogP) is -1.63. The van der Waals surface area contributed by atoms with Gasteiger partial charge in [-0.15, -0.1) is 0 Å². The minimum atomic E-state index is 0.200. The Labute approximate surface area is 153 Å². The minimum Gasteiger partial charge on any atom is -0.378 e. The quantitative estimate of drug-likeness (QED) is 0.506. The van der Waals surface area contributed by atoms with Gasteiger partial charge in [-0.05, 0) is 0 Å². The van der Waals surface area contributed by atoms with Gasteiger partial charge in [0.2, 0.25) is 5.91 Å². The summed E-state index contributed by atoms with van der Waals surface area (Å²) in [6.07, 6.45) is 1.55. The predicted molar refractivity (Wildman–Crippen MR) is 96.6 cm³/mol. The van der Waals surface area contributed by atoms with Crippen molar-refractivity contribution in [2.24, 2.45) is 12.0 Å². The number of carbonyl (C=O) groups excluding carboxylic acids is 1. The van der Waals surface area contributed by atoms with Crippen LogP contribution < -0.4 is 5.32 Å². The number of rotatable bonds is 4. The van der Waals surface area contributed by atoms with Crippen LogP contribution in [0.1, 0.15) is 5.82 Å². The van der Waals surface area contributed by atoms with Gasteiger partial charge in [-0.25, -0.2) is 4.98 Å². The largest absolute Gasteiger partial charge is 0.378 e. The SMILES string of the molecule is CN=C(NCc1ncnn1C)N1CCN(CC(=O)N2CCOCC2)CC1. The van der Waals surface area contributed by atoms with E-state index >= 15 is 0 Å². The molecule has 0 bridgehead atoms. The summed E-state index contributed by atoms with van der Waals surface area (Å²) in [5.74, 6) is 1.92. The third-order valence-electron chi connectivity index (χ3n) is 4.82. The summed E-state index contributed by atoms with van der Waals surface area (Å²) in [5, 5.41) is 7.41. The maximum Gasteiger partial charge on any atom is 0.236 e. The van der Waals surface area contributed by atoms with Crippen LogP contribution in [0.4, 0.5) is 0 Å². The van der Waals surface area contributed by atoms with Gasteiger partial charge in [0.05, 0.1) is 26.3 Å². The summed E-state index contributed by atoms with van der Waals surface area (Å²) < 4.78 is 7.05. The van der Waals surface area contributed by atoms with E-state index in [2.05, 4.69) is 30.2 Å². The Morgan fingerprint density at radius 2 is 1.92 bits per heavy atom. The summed E-state index contributed by atoms with van der Waals surface area (Å²) in [7, 11) is 3.66. The van der Waals surface area contributed by atoms with Gasteiger partial charge in [0.25, 0.3) is 0 Å². The maximum absolute atomic E-state index is 12.4. The second kappa shape index (κ2) is 8.95. The van der Waals surface area contributed by atoms with Crippen molar-refractivity contribution in [2.75, 3.05) is 66.1 Å². The highest BCUT2D eigenvalue weighted by atomic mass is 16.5. The van der Waals surface area contributed by atoms with E-state index in [4.69, 9.17) is 4.74 Å². The average molecular weight is 364 g/mol. The average Bonchev–Trinajstić information content (AvgIpc) is 3.09. The highest BCUT2D eigenvalue weighted by Crippen LogP contribution is 2.05. The Balaban J connectivity index is 1.43. The molecule has 3 heterocycles. The Kier molecular flexibility index (Phi) is 6.40. The van der Waals surface area contributed by atoms with Crippen molar-refractivity contribution < 1.29 is 9.53 Å². The van der Waals surface area contributed by atoms with E-state index in [1.54, 1.807) is 18.1 Å². The lowest BCUT2D eigenvalue weighted by atomic mass is 10.3. The van der Waals surface area contributed by atoms with E-state index in [-0.39, 0.29) is 5.91 Å². The first-order valence-electron chi connectivity index (χ1n) is 9.03. The number of hydrogen-bond donors (Lipinski definition) is 1. The lowest BCUT2D eigenvalue weighted by molar-refractivity contribution is -0.136. The van der Waals surface area contributed by atoms with Crippen LogP contribution in [0.25, 0.3) is 0 Å². The number of nitrogens with one attached hydrogen (secondary N) is 1. The van der Waals surface area contributed by atoms with E-state index in [9.17, 15) is 4.79 Å². The molecule has 1 N–H and O–H groups in total. The number of carbonyl (C=O) groups is 1. The standard InChI is InChI=1S/C16H28N8O2/c1-17-16(18-11-14-19-13-20-21(14)2)24-5-3-22(4-6-24)12-15(25)23-7-9-26-10-8-23/h13H,3-12H2,1-2H3,(H,17,18). The van der Waals surface area contributed by atoms with Crippen LogP contribution in [0.2, 0.25) is 0 Å². The molecule has 2 aliphatic heterocycles. The lowest BCUT2D eigenvalue weighted by Gasteiger charge is -2.37. The molecule has 1 amide bonds. The smallest absolute Gasteiger partial charge is 0.236 e. The fourth-order valence-corrected chi connectivity index (χ4v) is 3.19. The molecule has 0 unspecified atom stereocenters. The fourth-order valence-electron chi connectivity index (χ4n) is 3.19. The molecule has 2 fully saturated rings. The van der Waals surface area contributed by atoms with Gasteiger partial charge in [-0.2, -0.15) is 5.10 Å². The number of morpholine rings is 1. The molecule has 0 atom stereocenters. The number of aryl methyl sites for hydroxylation is 1. The summed E-state index contributed by atoms with van der Waals surface area (Å²) in [6, 6.07) is 0. The zero-order valence-corrected chi connectivity index (χ0v) is 15.6. The highest BCUT2D eigenvalue weighted by Gasteiger charge is 2.24. The third-order valence-corrected chi connectivity index (χ3v) is 4.82. The van der Waals surface area contributed by atoms with Gasteiger partial charge in [-0.3, -0.25) is 19.4 Å². The first-order valence-corrected chi connectivity index (χ1v) is 9.03. The van der Waals surface area contributed by atoms with E-state index < -0.39 is 0 Å². The number of aliphatic imine (C=N–C) groups is 1. The molecule has 1 aromatic rings. The Bertz CT molecular complexity index is 618. The molecule has 2 aliphatic rings. The summed E-state index contributed by atoms with van der Waals surface area (Å²) >= 11 is 0. The molecule has 144 valence electrons. The topological polar surface area (TPSA) is 91.1 Å². The van der Waals surface area contributed by atoms with Crippen molar-refractivity contribution in [3.05, 3.63) is 12.2 Å². The number of aromatic nitrogens is 3. The zero-order valence-electron chi connectivity index (χ0n) is 15.6. The lowest BCUT2D eigenvalue weighted by Crippen LogP contribution is -2.54. The molecule has 0 aromatic carbocycles. The summed E-state index contributed by atoms with van der Waals surface area (Å²) in [4.78, 5) is 27.3. The number of piperazine rings is 1. The Morgan fingerprint density at radius 1 is 1.19 bits per heavy atom.